The second-order valence-corrected chi connectivity index (χ2v) is 5.30. The van der Waals surface area contributed by atoms with Crippen LogP contribution in [0.4, 0.5) is 4.39 Å². The number of carboxylic acid groups (broad SMARTS) is 1. The summed E-state index contributed by atoms with van der Waals surface area (Å²) in [5.74, 6) is -1.44. The van der Waals surface area contributed by atoms with Gasteiger partial charge in [0.2, 0.25) is 0 Å². The molecule has 0 aliphatic heterocycles. The molecule has 4 heteroatoms. The second-order valence-electron chi connectivity index (χ2n) is 5.30. The topological polar surface area (TPSA) is 46.5 Å². The third kappa shape index (κ3) is 7.69. The van der Waals surface area contributed by atoms with E-state index >= 15 is 0 Å². The third-order valence-corrected chi connectivity index (χ3v) is 3.38. The van der Waals surface area contributed by atoms with E-state index < -0.39 is 11.8 Å². The Bertz CT molecular complexity index is 432. The van der Waals surface area contributed by atoms with Gasteiger partial charge in [-0.3, -0.25) is 0 Å². The van der Waals surface area contributed by atoms with Crippen molar-refractivity contribution in [2.75, 3.05) is 6.61 Å². The van der Waals surface area contributed by atoms with Crippen molar-refractivity contribution in [2.45, 2.75) is 58.3 Å². The molecule has 0 saturated carbocycles. The summed E-state index contributed by atoms with van der Waals surface area (Å²) >= 11 is 0. The molecule has 0 unspecified atom stereocenters. The van der Waals surface area contributed by atoms with E-state index in [9.17, 15) is 9.18 Å². The van der Waals surface area contributed by atoms with Gasteiger partial charge in [-0.15, -0.1) is 0 Å². The molecule has 1 aromatic carbocycles. The largest absolute Gasteiger partial charge is 0.493 e. The fraction of sp³-hybridized carbons (Fsp3) is 0.588. The third-order valence-electron chi connectivity index (χ3n) is 3.38. The quantitative estimate of drug-likeness (QED) is 0.582. The maximum Gasteiger partial charge on any atom is 0.335 e. The number of carboxylic acids is 1. The van der Waals surface area contributed by atoms with Gasteiger partial charge in [0.15, 0.2) is 0 Å². The van der Waals surface area contributed by atoms with Crippen LogP contribution < -0.4 is 4.74 Å². The Morgan fingerprint density at radius 1 is 1.05 bits per heavy atom. The van der Waals surface area contributed by atoms with Gasteiger partial charge < -0.3 is 9.84 Å². The zero-order chi connectivity index (χ0) is 15.5. The molecule has 0 spiro atoms. The molecule has 0 aliphatic carbocycles. The molecule has 21 heavy (non-hydrogen) atoms. The van der Waals surface area contributed by atoms with Gasteiger partial charge in [0, 0.05) is 6.07 Å². The SMILES string of the molecule is CCCCCCCCCCOc1cc(F)cc(C(=O)O)c1. The van der Waals surface area contributed by atoms with Crippen LogP contribution in [-0.4, -0.2) is 17.7 Å². The summed E-state index contributed by atoms with van der Waals surface area (Å²) in [6, 6.07) is 3.57. The molecule has 0 amide bonds. The Hall–Kier alpha value is -1.58. The van der Waals surface area contributed by atoms with Crippen molar-refractivity contribution >= 4 is 5.97 Å². The monoisotopic (exact) mass is 296 g/mol. The minimum Gasteiger partial charge on any atom is -0.493 e. The summed E-state index contributed by atoms with van der Waals surface area (Å²) in [5.41, 5.74) is -0.0825. The van der Waals surface area contributed by atoms with Gasteiger partial charge in [0.25, 0.3) is 0 Å². The van der Waals surface area contributed by atoms with Crippen LogP contribution in [0.1, 0.15) is 68.6 Å². The van der Waals surface area contributed by atoms with E-state index in [-0.39, 0.29) is 11.3 Å². The van der Waals surface area contributed by atoms with Crippen LogP contribution in [0.5, 0.6) is 5.75 Å². The summed E-state index contributed by atoms with van der Waals surface area (Å²) in [4.78, 5) is 10.8. The van der Waals surface area contributed by atoms with Gasteiger partial charge in [-0.25, -0.2) is 9.18 Å². The molecule has 118 valence electrons. The summed E-state index contributed by atoms with van der Waals surface area (Å²) < 4.78 is 18.6. The Balaban J connectivity index is 2.17. The second kappa shape index (κ2) is 10.2. The lowest BCUT2D eigenvalue weighted by molar-refractivity contribution is 0.0695. The van der Waals surface area contributed by atoms with Crippen LogP contribution >= 0.6 is 0 Å². The van der Waals surface area contributed by atoms with Crippen LogP contribution in [0.3, 0.4) is 0 Å². The minimum atomic E-state index is -1.15. The van der Waals surface area contributed by atoms with Crippen molar-refractivity contribution in [3.63, 3.8) is 0 Å². The Labute approximate surface area is 126 Å². The first-order valence-electron chi connectivity index (χ1n) is 7.80. The van der Waals surface area contributed by atoms with E-state index in [1.54, 1.807) is 0 Å². The fourth-order valence-corrected chi connectivity index (χ4v) is 2.20. The molecule has 1 aromatic rings. The van der Waals surface area contributed by atoms with Crippen LogP contribution in [0.25, 0.3) is 0 Å². The number of unbranched alkanes of at least 4 members (excludes halogenated alkanes) is 7. The van der Waals surface area contributed by atoms with Gasteiger partial charge in [-0.2, -0.15) is 0 Å². The predicted octanol–water partition coefficient (Wildman–Crippen LogP) is 5.04. The van der Waals surface area contributed by atoms with E-state index in [2.05, 4.69) is 6.92 Å². The highest BCUT2D eigenvalue weighted by Crippen LogP contribution is 2.17. The number of benzene rings is 1. The standard InChI is InChI=1S/C17H25FO3/c1-2-3-4-5-6-7-8-9-10-21-16-12-14(17(19)20)11-15(18)13-16/h11-13H,2-10H2,1H3,(H,19,20). The molecule has 0 heterocycles. The number of hydrogen-bond donors (Lipinski definition) is 1. The molecule has 0 aromatic heterocycles. The van der Waals surface area contributed by atoms with Crippen molar-refractivity contribution in [1.82, 2.24) is 0 Å². The van der Waals surface area contributed by atoms with E-state index in [0.717, 1.165) is 18.9 Å². The molecule has 0 atom stereocenters. The van der Waals surface area contributed by atoms with Gasteiger partial charge in [-0.05, 0) is 18.6 Å². The predicted molar refractivity (Wildman–Crippen MR) is 81.5 cm³/mol. The van der Waals surface area contributed by atoms with Crippen molar-refractivity contribution in [3.05, 3.63) is 29.6 Å². The normalized spacial score (nSPS) is 10.6. The van der Waals surface area contributed by atoms with Crippen LogP contribution in [0.2, 0.25) is 0 Å². The molecule has 1 rings (SSSR count). The molecule has 0 fully saturated rings. The highest BCUT2D eigenvalue weighted by molar-refractivity contribution is 5.88. The number of aromatic carboxylic acids is 1. The van der Waals surface area contributed by atoms with E-state index in [1.807, 2.05) is 0 Å². The summed E-state index contributed by atoms with van der Waals surface area (Å²) in [6.07, 6.45) is 9.63. The smallest absolute Gasteiger partial charge is 0.335 e. The van der Waals surface area contributed by atoms with E-state index in [1.165, 1.54) is 50.7 Å². The highest BCUT2D eigenvalue weighted by Gasteiger charge is 2.07. The number of carbonyl (C=O) groups is 1. The summed E-state index contributed by atoms with van der Waals surface area (Å²) in [5, 5.41) is 8.84. The lowest BCUT2D eigenvalue weighted by atomic mass is 10.1. The first kappa shape index (κ1) is 17.5. The fourth-order valence-electron chi connectivity index (χ4n) is 2.20. The van der Waals surface area contributed by atoms with Crippen LogP contribution in [-0.2, 0) is 0 Å². The zero-order valence-corrected chi connectivity index (χ0v) is 12.7. The van der Waals surface area contributed by atoms with Gasteiger partial charge in [0.1, 0.15) is 11.6 Å². The molecule has 0 bridgehead atoms. The molecule has 3 nitrogen and oxygen atoms in total. The zero-order valence-electron chi connectivity index (χ0n) is 12.7. The Kier molecular flexibility index (Phi) is 8.48. The summed E-state index contributed by atoms with van der Waals surface area (Å²) in [7, 11) is 0. The van der Waals surface area contributed by atoms with Crippen molar-refractivity contribution in [3.8, 4) is 5.75 Å². The maximum absolute atomic E-state index is 13.2. The molecule has 0 aliphatic rings. The lowest BCUT2D eigenvalue weighted by Gasteiger charge is -2.07. The number of ether oxygens (including phenoxy) is 1. The molecular formula is C17H25FO3. The number of halogens is 1. The number of hydrogen-bond acceptors (Lipinski definition) is 2. The van der Waals surface area contributed by atoms with Crippen molar-refractivity contribution in [2.24, 2.45) is 0 Å². The highest BCUT2D eigenvalue weighted by atomic mass is 19.1. The van der Waals surface area contributed by atoms with Gasteiger partial charge in [0.05, 0.1) is 12.2 Å². The minimum absolute atomic E-state index is 0.0825. The van der Waals surface area contributed by atoms with Crippen LogP contribution in [0, 0.1) is 5.82 Å². The average molecular weight is 296 g/mol. The number of rotatable bonds is 11. The van der Waals surface area contributed by atoms with Gasteiger partial charge >= 0.3 is 5.97 Å². The maximum atomic E-state index is 13.2. The summed E-state index contributed by atoms with van der Waals surface area (Å²) in [6.45, 7) is 2.71. The lowest BCUT2D eigenvalue weighted by Crippen LogP contribution is -2.01. The molecule has 0 saturated heterocycles. The Morgan fingerprint density at radius 2 is 1.67 bits per heavy atom. The Morgan fingerprint density at radius 3 is 2.29 bits per heavy atom. The average Bonchev–Trinajstić information content (AvgIpc) is 2.45. The van der Waals surface area contributed by atoms with E-state index in [0.29, 0.717) is 6.61 Å². The first-order chi connectivity index (χ1) is 10.1. The molecular weight excluding hydrogens is 271 g/mol. The van der Waals surface area contributed by atoms with Crippen molar-refractivity contribution < 1.29 is 19.0 Å². The molecule has 1 N–H and O–H groups in total. The molecule has 0 radical (unpaired) electrons. The first-order valence-corrected chi connectivity index (χ1v) is 7.80. The van der Waals surface area contributed by atoms with E-state index in [4.69, 9.17) is 9.84 Å². The van der Waals surface area contributed by atoms with Gasteiger partial charge in [-0.1, -0.05) is 51.9 Å². The van der Waals surface area contributed by atoms with Crippen molar-refractivity contribution in [1.29, 1.82) is 0 Å². The van der Waals surface area contributed by atoms with Crippen LogP contribution in [0.15, 0.2) is 18.2 Å².